The van der Waals surface area contributed by atoms with Gasteiger partial charge in [0.2, 0.25) is 0 Å². The van der Waals surface area contributed by atoms with Gasteiger partial charge in [0, 0.05) is 17.5 Å². The first-order valence-corrected chi connectivity index (χ1v) is 6.96. The predicted molar refractivity (Wildman–Crippen MR) is 74.8 cm³/mol. The van der Waals surface area contributed by atoms with Crippen molar-refractivity contribution in [3.63, 3.8) is 0 Å². The van der Waals surface area contributed by atoms with E-state index < -0.39 is 0 Å². The van der Waals surface area contributed by atoms with Crippen molar-refractivity contribution in [3.05, 3.63) is 40.2 Å². The molecule has 0 bridgehead atoms. The number of fused-ring (bicyclic) bond motifs is 1. The smallest absolute Gasteiger partial charge is 0.336 e. The molecule has 4 heteroatoms. The molecule has 1 aromatic heterocycles. The number of benzene rings is 1. The van der Waals surface area contributed by atoms with Crippen molar-refractivity contribution in [2.75, 3.05) is 0 Å². The molecule has 4 nitrogen and oxygen atoms in total. The van der Waals surface area contributed by atoms with Crippen molar-refractivity contribution in [2.24, 2.45) is 5.92 Å². The van der Waals surface area contributed by atoms with E-state index in [2.05, 4.69) is 0 Å². The molecule has 2 aromatic rings. The second-order valence-electron chi connectivity index (χ2n) is 5.15. The van der Waals surface area contributed by atoms with E-state index in [0.29, 0.717) is 11.3 Å². The summed E-state index contributed by atoms with van der Waals surface area (Å²) in [5, 5.41) is 0.885. The molecule has 1 fully saturated rings. The van der Waals surface area contributed by atoms with Crippen LogP contribution >= 0.6 is 0 Å². The van der Waals surface area contributed by atoms with Gasteiger partial charge in [-0.25, -0.2) is 4.79 Å². The van der Waals surface area contributed by atoms with Gasteiger partial charge in [0.15, 0.2) is 0 Å². The molecule has 1 heterocycles. The van der Waals surface area contributed by atoms with E-state index >= 15 is 0 Å². The normalized spacial score (nSPS) is 15.1. The minimum Gasteiger partial charge on any atom is -0.426 e. The van der Waals surface area contributed by atoms with E-state index in [0.717, 1.165) is 36.6 Å². The van der Waals surface area contributed by atoms with Crippen molar-refractivity contribution >= 4 is 16.9 Å². The second kappa shape index (κ2) is 5.12. The number of hydrogen-bond donors (Lipinski definition) is 0. The molecule has 0 aliphatic heterocycles. The van der Waals surface area contributed by atoms with Gasteiger partial charge >= 0.3 is 11.6 Å². The number of rotatable bonds is 3. The number of carbonyl (C=O) groups excluding carboxylic acids is 1. The van der Waals surface area contributed by atoms with Crippen LogP contribution in [0.5, 0.6) is 5.75 Å². The molecule has 1 aliphatic carbocycles. The van der Waals surface area contributed by atoms with Crippen LogP contribution in [0.1, 0.15) is 31.7 Å². The molecule has 104 valence electrons. The van der Waals surface area contributed by atoms with E-state index in [1.807, 2.05) is 13.0 Å². The standard InChI is InChI=1S/C16H16O4/c1-2-10-8-15(17)20-14-9-12(6-7-13(10)14)19-16(18)11-4-3-5-11/h6-9,11H,2-5H2,1H3. The molecule has 0 spiro atoms. The van der Waals surface area contributed by atoms with Crippen LogP contribution in [0.15, 0.2) is 33.5 Å². The van der Waals surface area contributed by atoms with Gasteiger partial charge in [0.1, 0.15) is 11.3 Å². The minimum absolute atomic E-state index is 0.0275. The van der Waals surface area contributed by atoms with Gasteiger partial charge in [-0.2, -0.15) is 0 Å². The van der Waals surface area contributed by atoms with Gasteiger partial charge < -0.3 is 9.15 Å². The first kappa shape index (κ1) is 12.9. The highest BCUT2D eigenvalue weighted by Gasteiger charge is 2.27. The highest BCUT2D eigenvalue weighted by atomic mass is 16.5. The monoisotopic (exact) mass is 272 g/mol. The maximum Gasteiger partial charge on any atom is 0.336 e. The van der Waals surface area contributed by atoms with Gasteiger partial charge in [-0.1, -0.05) is 13.3 Å². The topological polar surface area (TPSA) is 56.5 Å². The molecule has 1 aliphatic rings. The molecule has 0 radical (unpaired) electrons. The fourth-order valence-electron chi connectivity index (χ4n) is 2.41. The molecule has 3 rings (SSSR count). The van der Waals surface area contributed by atoms with Crippen LogP contribution in [-0.4, -0.2) is 5.97 Å². The Balaban J connectivity index is 1.93. The number of esters is 1. The van der Waals surface area contributed by atoms with E-state index in [1.54, 1.807) is 12.1 Å². The first-order valence-electron chi connectivity index (χ1n) is 6.96. The summed E-state index contributed by atoms with van der Waals surface area (Å²) in [6.45, 7) is 1.98. The van der Waals surface area contributed by atoms with E-state index in [1.165, 1.54) is 6.07 Å². The van der Waals surface area contributed by atoms with Crippen LogP contribution in [0.4, 0.5) is 0 Å². The zero-order valence-electron chi connectivity index (χ0n) is 11.3. The Morgan fingerprint density at radius 3 is 2.80 bits per heavy atom. The van der Waals surface area contributed by atoms with Crippen LogP contribution in [0.3, 0.4) is 0 Å². The van der Waals surface area contributed by atoms with Crippen molar-refractivity contribution in [2.45, 2.75) is 32.6 Å². The molecule has 0 amide bonds. The maximum atomic E-state index is 11.8. The van der Waals surface area contributed by atoms with Gasteiger partial charge in [-0.05, 0) is 37.0 Å². The average molecular weight is 272 g/mol. The van der Waals surface area contributed by atoms with Crippen molar-refractivity contribution < 1.29 is 13.9 Å². The quantitative estimate of drug-likeness (QED) is 0.489. The minimum atomic E-state index is -0.378. The third-order valence-corrected chi connectivity index (χ3v) is 3.84. The summed E-state index contributed by atoms with van der Waals surface area (Å²) in [5.74, 6) is 0.273. The third-order valence-electron chi connectivity index (χ3n) is 3.84. The highest BCUT2D eigenvalue weighted by Crippen LogP contribution is 2.29. The second-order valence-corrected chi connectivity index (χ2v) is 5.15. The summed E-state index contributed by atoms with van der Waals surface area (Å²) in [6, 6.07) is 6.70. The highest BCUT2D eigenvalue weighted by molar-refractivity contribution is 5.83. The lowest BCUT2D eigenvalue weighted by atomic mass is 9.86. The van der Waals surface area contributed by atoms with Gasteiger partial charge in [0.25, 0.3) is 0 Å². The first-order chi connectivity index (χ1) is 9.67. The Hall–Kier alpha value is -2.10. The number of aryl methyl sites for hydroxylation is 1. The Kier molecular flexibility index (Phi) is 3.30. The van der Waals surface area contributed by atoms with Gasteiger partial charge in [-0.15, -0.1) is 0 Å². The predicted octanol–water partition coefficient (Wildman–Crippen LogP) is 3.06. The van der Waals surface area contributed by atoms with Gasteiger partial charge in [0.05, 0.1) is 5.92 Å². The summed E-state index contributed by atoms with van der Waals surface area (Å²) in [7, 11) is 0. The number of hydrogen-bond acceptors (Lipinski definition) is 4. The van der Waals surface area contributed by atoms with Crippen LogP contribution in [0, 0.1) is 5.92 Å². The SMILES string of the molecule is CCc1cc(=O)oc2cc(OC(=O)C3CCC3)ccc12. The number of ether oxygens (including phenoxy) is 1. The third kappa shape index (κ3) is 2.33. The van der Waals surface area contributed by atoms with Crippen LogP contribution in [0.25, 0.3) is 11.0 Å². The Labute approximate surface area is 116 Å². The lowest BCUT2D eigenvalue weighted by Crippen LogP contribution is -2.26. The van der Waals surface area contributed by atoms with Crippen molar-refractivity contribution in [1.29, 1.82) is 0 Å². The Morgan fingerprint density at radius 2 is 2.15 bits per heavy atom. The zero-order valence-corrected chi connectivity index (χ0v) is 11.3. The van der Waals surface area contributed by atoms with Crippen molar-refractivity contribution in [1.82, 2.24) is 0 Å². The fourth-order valence-corrected chi connectivity index (χ4v) is 2.41. The fraction of sp³-hybridized carbons (Fsp3) is 0.375. The lowest BCUT2D eigenvalue weighted by Gasteiger charge is -2.22. The zero-order chi connectivity index (χ0) is 14.1. The molecule has 0 unspecified atom stereocenters. The lowest BCUT2D eigenvalue weighted by molar-refractivity contribution is -0.141. The average Bonchev–Trinajstić information content (AvgIpc) is 2.34. The summed E-state index contributed by atoms with van der Waals surface area (Å²) in [6.07, 6.45) is 3.65. The Bertz CT molecular complexity index is 710. The van der Waals surface area contributed by atoms with Gasteiger partial charge in [-0.3, -0.25) is 4.79 Å². The molecule has 1 saturated carbocycles. The molecule has 0 saturated heterocycles. The maximum absolute atomic E-state index is 11.8. The van der Waals surface area contributed by atoms with Crippen LogP contribution < -0.4 is 10.4 Å². The largest absolute Gasteiger partial charge is 0.426 e. The summed E-state index contributed by atoms with van der Waals surface area (Å²) < 4.78 is 10.5. The van der Waals surface area contributed by atoms with E-state index in [9.17, 15) is 9.59 Å². The molecule has 1 aromatic carbocycles. The van der Waals surface area contributed by atoms with Crippen molar-refractivity contribution in [3.8, 4) is 5.75 Å². The molecule has 0 N–H and O–H groups in total. The van der Waals surface area contributed by atoms with Crippen LogP contribution in [-0.2, 0) is 11.2 Å². The number of carbonyl (C=O) groups is 1. The van der Waals surface area contributed by atoms with E-state index in [-0.39, 0.29) is 17.5 Å². The molecule has 20 heavy (non-hydrogen) atoms. The summed E-state index contributed by atoms with van der Waals surface area (Å²) in [5.41, 5.74) is 1.03. The summed E-state index contributed by atoms with van der Waals surface area (Å²) in [4.78, 5) is 23.3. The summed E-state index contributed by atoms with van der Waals surface area (Å²) >= 11 is 0. The Morgan fingerprint density at radius 1 is 1.35 bits per heavy atom. The molecule has 0 atom stereocenters. The molecular weight excluding hydrogens is 256 g/mol. The molecular formula is C16H16O4. The van der Waals surface area contributed by atoms with Crippen LogP contribution in [0.2, 0.25) is 0 Å². The van der Waals surface area contributed by atoms with E-state index in [4.69, 9.17) is 9.15 Å².